The van der Waals surface area contributed by atoms with E-state index in [2.05, 4.69) is 5.32 Å². The van der Waals surface area contributed by atoms with E-state index in [0.29, 0.717) is 26.2 Å². The van der Waals surface area contributed by atoms with Gasteiger partial charge in [0.15, 0.2) is 9.84 Å². The van der Waals surface area contributed by atoms with Crippen molar-refractivity contribution in [1.29, 1.82) is 0 Å². The monoisotopic (exact) mass is 340 g/mol. The van der Waals surface area contributed by atoms with Gasteiger partial charge in [-0.05, 0) is 25.5 Å². The summed E-state index contributed by atoms with van der Waals surface area (Å²) in [6.07, 6.45) is 0.730. The molecule has 1 saturated heterocycles. The topological polar surface area (TPSA) is 75.7 Å². The summed E-state index contributed by atoms with van der Waals surface area (Å²) in [5.74, 6) is 1.05. The van der Waals surface area contributed by atoms with Gasteiger partial charge in [0.25, 0.3) is 0 Å². The smallest absolute Gasteiger partial charge is 0.234 e. The van der Waals surface area contributed by atoms with Crippen LogP contribution in [0.15, 0.2) is 24.3 Å². The van der Waals surface area contributed by atoms with E-state index in [9.17, 15) is 13.2 Å². The predicted octanol–water partition coefficient (Wildman–Crippen LogP) is 0.611. The molecule has 2 rings (SSSR count). The number of nitrogens with zero attached hydrogens (tertiary/aromatic N) is 1. The summed E-state index contributed by atoms with van der Waals surface area (Å²) in [7, 11) is -2.89. The van der Waals surface area contributed by atoms with E-state index in [1.807, 2.05) is 36.1 Å². The number of amides is 1. The zero-order valence-corrected chi connectivity index (χ0v) is 14.3. The molecule has 0 saturated carbocycles. The van der Waals surface area contributed by atoms with Crippen LogP contribution in [0.5, 0.6) is 5.75 Å². The summed E-state index contributed by atoms with van der Waals surface area (Å²) in [5, 5.41) is 2.84. The van der Waals surface area contributed by atoms with Gasteiger partial charge in [0.1, 0.15) is 5.75 Å². The fraction of sp³-hybridized carbons (Fsp3) is 0.562. The zero-order chi connectivity index (χ0) is 16.7. The van der Waals surface area contributed by atoms with Crippen LogP contribution in [0.1, 0.15) is 12.0 Å². The van der Waals surface area contributed by atoms with Crippen LogP contribution >= 0.6 is 0 Å². The minimum Gasteiger partial charge on any atom is -0.494 e. The largest absolute Gasteiger partial charge is 0.494 e. The molecule has 1 aliphatic rings. The van der Waals surface area contributed by atoms with Crippen molar-refractivity contribution in [3.05, 3.63) is 29.8 Å². The van der Waals surface area contributed by atoms with Gasteiger partial charge in [0, 0.05) is 19.6 Å². The van der Waals surface area contributed by atoms with Crippen LogP contribution in [-0.2, 0) is 14.6 Å². The Morgan fingerprint density at radius 2 is 1.87 bits per heavy atom. The number of rotatable bonds is 7. The lowest BCUT2D eigenvalue weighted by molar-refractivity contribution is -0.122. The van der Waals surface area contributed by atoms with Crippen molar-refractivity contribution in [2.24, 2.45) is 0 Å². The molecular formula is C16H24N2O4S. The van der Waals surface area contributed by atoms with Crippen molar-refractivity contribution < 1.29 is 17.9 Å². The van der Waals surface area contributed by atoms with Gasteiger partial charge in [0.05, 0.1) is 24.7 Å². The normalized spacial score (nSPS) is 17.6. The molecule has 128 valence electrons. The van der Waals surface area contributed by atoms with E-state index in [4.69, 9.17) is 4.74 Å². The zero-order valence-electron chi connectivity index (χ0n) is 13.5. The molecule has 1 N–H and O–H groups in total. The summed E-state index contributed by atoms with van der Waals surface area (Å²) in [6, 6.07) is 7.85. The first-order valence-corrected chi connectivity index (χ1v) is 9.66. The van der Waals surface area contributed by atoms with E-state index >= 15 is 0 Å². The average Bonchev–Trinajstić information content (AvgIpc) is 2.51. The highest BCUT2D eigenvalue weighted by Crippen LogP contribution is 2.11. The molecule has 0 bridgehead atoms. The van der Waals surface area contributed by atoms with Gasteiger partial charge in [-0.25, -0.2) is 8.42 Å². The Bertz CT molecular complexity index is 599. The molecule has 0 aliphatic carbocycles. The van der Waals surface area contributed by atoms with Crippen molar-refractivity contribution in [1.82, 2.24) is 10.2 Å². The van der Waals surface area contributed by atoms with Gasteiger partial charge in [-0.3, -0.25) is 9.69 Å². The Kier molecular flexibility index (Phi) is 6.41. The van der Waals surface area contributed by atoms with E-state index < -0.39 is 9.84 Å². The number of sulfone groups is 1. The average molecular weight is 340 g/mol. The Balaban J connectivity index is 1.55. The second-order valence-electron chi connectivity index (χ2n) is 5.79. The van der Waals surface area contributed by atoms with Crippen molar-refractivity contribution in [3.63, 3.8) is 0 Å². The van der Waals surface area contributed by atoms with Gasteiger partial charge in [-0.2, -0.15) is 0 Å². The fourth-order valence-electron chi connectivity index (χ4n) is 2.29. The molecule has 7 heteroatoms. The number of hydrogen-bond acceptors (Lipinski definition) is 5. The van der Waals surface area contributed by atoms with Gasteiger partial charge in [-0.15, -0.1) is 0 Å². The highest BCUT2D eigenvalue weighted by Gasteiger charge is 2.22. The number of carbonyl (C=O) groups is 1. The summed E-state index contributed by atoms with van der Waals surface area (Å²) in [6.45, 7) is 4.26. The first kappa shape index (κ1) is 17.7. The maximum absolute atomic E-state index is 11.8. The second kappa shape index (κ2) is 8.31. The van der Waals surface area contributed by atoms with Gasteiger partial charge in [0.2, 0.25) is 5.91 Å². The number of benzene rings is 1. The van der Waals surface area contributed by atoms with Crippen LogP contribution in [0, 0.1) is 6.92 Å². The quantitative estimate of drug-likeness (QED) is 0.736. The first-order chi connectivity index (χ1) is 10.9. The van der Waals surface area contributed by atoms with Crippen molar-refractivity contribution in [3.8, 4) is 5.75 Å². The third-order valence-corrected chi connectivity index (χ3v) is 5.35. The highest BCUT2D eigenvalue weighted by molar-refractivity contribution is 7.91. The predicted molar refractivity (Wildman–Crippen MR) is 89.4 cm³/mol. The van der Waals surface area contributed by atoms with Crippen LogP contribution in [0.4, 0.5) is 0 Å². The highest BCUT2D eigenvalue weighted by atomic mass is 32.2. The standard InChI is InChI=1S/C16H24N2O4S/c1-14-3-5-15(6-4-14)22-10-2-7-17-16(19)13-18-8-11-23(20,21)12-9-18/h3-6H,2,7-13H2,1H3,(H,17,19). The lowest BCUT2D eigenvalue weighted by Gasteiger charge is -2.25. The molecule has 6 nitrogen and oxygen atoms in total. The van der Waals surface area contributed by atoms with Crippen LogP contribution < -0.4 is 10.1 Å². The minimum atomic E-state index is -2.89. The van der Waals surface area contributed by atoms with Crippen molar-refractivity contribution in [2.75, 3.05) is 44.3 Å². The minimum absolute atomic E-state index is 0.0698. The number of ether oxygens (including phenoxy) is 1. The molecule has 1 heterocycles. The molecule has 1 aromatic carbocycles. The molecule has 0 atom stereocenters. The van der Waals surface area contributed by atoms with E-state index in [0.717, 1.165) is 12.2 Å². The fourth-order valence-corrected chi connectivity index (χ4v) is 3.57. The van der Waals surface area contributed by atoms with E-state index in [-0.39, 0.29) is 24.0 Å². The molecule has 0 unspecified atom stereocenters. The Morgan fingerprint density at radius 3 is 2.52 bits per heavy atom. The van der Waals surface area contributed by atoms with Crippen LogP contribution in [0.25, 0.3) is 0 Å². The molecule has 0 spiro atoms. The second-order valence-corrected chi connectivity index (χ2v) is 8.10. The van der Waals surface area contributed by atoms with E-state index in [1.54, 1.807) is 0 Å². The van der Waals surface area contributed by atoms with Crippen molar-refractivity contribution >= 4 is 15.7 Å². The van der Waals surface area contributed by atoms with E-state index in [1.165, 1.54) is 5.56 Å². The number of aryl methyl sites for hydroxylation is 1. The molecular weight excluding hydrogens is 316 g/mol. The summed E-state index contributed by atoms with van der Waals surface area (Å²) < 4.78 is 28.2. The maximum Gasteiger partial charge on any atom is 0.234 e. The molecule has 1 fully saturated rings. The third-order valence-electron chi connectivity index (χ3n) is 3.74. The molecule has 0 radical (unpaired) electrons. The summed E-state index contributed by atoms with van der Waals surface area (Å²) in [4.78, 5) is 13.7. The molecule has 1 aromatic rings. The molecule has 0 aromatic heterocycles. The third kappa shape index (κ3) is 6.58. The maximum atomic E-state index is 11.8. The Morgan fingerprint density at radius 1 is 1.22 bits per heavy atom. The van der Waals surface area contributed by atoms with Gasteiger partial charge in [-0.1, -0.05) is 17.7 Å². The molecule has 1 aliphatic heterocycles. The lowest BCUT2D eigenvalue weighted by atomic mass is 10.2. The van der Waals surface area contributed by atoms with Crippen LogP contribution in [-0.4, -0.2) is 63.5 Å². The summed E-state index contributed by atoms with van der Waals surface area (Å²) >= 11 is 0. The number of nitrogens with one attached hydrogen (secondary N) is 1. The van der Waals surface area contributed by atoms with Crippen LogP contribution in [0.2, 0.25) is 0 Å². The SMILES string of the molecule is Cc1ccc(OCCCNC(=O)CN2CCS(=O)(=O)CC2)cc1. The Labute approximate surface area is 137 Å². The van der Waals surface area contributed by atoms with Gasteiger partial charge < -0.3 is 10.1 Å². The first-order valence-electron chi connectivity index (χ1n) is 7.83. The van der Waals surface area contributed by atoms with Crippen molar-refractivity contribution in [2.45, 2.75) is 13.3 Å². The molecule has 23 heavy (non-hydrogen) atoms. The van der Waals surface area contributed by atoms with Gasteiger partial charge >= 0.3 is 0 Å². The Hall–Kier alpha value is -1.60. The number of hydrogen-bond donors (Lipinski definition) is 1. The van der Waals surface area contributed by atoms with Crippen LogP contribution in [0.3, 0.4) is 0 Å². The molecule has 1 amide bonds. The summed E-state index contributed by atoms with van der Waals surface area (Å²) in [5.41, 5.74) is 1.19. The lowest BCUT2D eigenvalue weighted by Crippen LogP contribution is -2.45. The number of carbonyl (C=O) groups excluding carboxylic acids is 1.